The first-order valence-corrected chi connectivity index (χ1v) is 6.56. The number of anilines is 1. The summed E-state index contributed by atoms with van der Waals surface area (Å²) < 4.78 is 18.6. The highest BCUT2D eigenvalue weighted by Gasteiger charge is 2.19. The van der Waals surface area contributed by atoms with Gasteiger partial charge in [0.15, 0.2) is 0 Å². The van der Waals surface area contributed by atoms with E-state index in [-0.39, 0.29) is 5.82 Å². The van der Waals surface area contributed by atoms with Gasteiger partial charge in [-0.25, -0.2) is 4.39 Å². The first kappa shape index (κ1) is 13.1. The van der Waals surface area contributed by atoms with E-state index in [9.17, 15) is 4.39 Å². The molecule has 0 spiro atoms. The summed E-state index contributed by atoms with van der Waals surface area (Å²) in [6.45, 7) is 5.07. The van der Waals surface area contributed by atoms with Crippen LogP contribution in [0.2, 0.25) is 0 Å². The molecule has 0 radical (unpaired) electrons. The van der Waals surface area contributed by atoms with Crippen molar-refractivity contribution in [3.05, 3.63) is 24.0 Å². The maximum Gasteiger partial charge on any atom is 0.128 e. The van der Waals surface area contributed by atoms with Gasteiger partial charge in [-0.1, -0.05) is 6.92 Å². The van der Waals surface area contributed by atoms with Crippen LogP contribution in [0.5, 0.6) is 5.75 Å². The van der Waals surface area contributed by atoms with E-state index in [1.54, 1.807) is 13.2 Å². The molecule has 0 atom stereocenters. The van der Waals surface area contributed by atoms with Gasteiger partial charge in [0.25, 0.3) is 0 Å². The summed E-state index contributed by atoms with van der Waals surface area (Å²) in [7, 11) is 1.57. The summed E-state index contributed by atoms with van der Waals surface area (Å²) >= 11 is 0. The Bertz CT molecular complexity index is 389. The molecule has 0 bridgehead atoms. The van der Waals surface area contributed by atoms with Crippen molar-refractivity contribution in [2.75, 3.05) is 31.6 Å². The lowest BCUT2D eigenvalue weighted by Gasteiger charge is -2.34. The molecule has 1 saturated heterocycles. The highest BCUT2D eigenvalue weighted by Crippen LogP contribution is 2.25. The number of hydrogen-bond acceptors (Lipinski definition) is 3. The predicted molar refractivity (Wildman–Crippen MR) is 71.9 cm³/mol. The first-order valence-electron chi connectivity index (χ1n) is 6.56. The van der Waals surface area contributed by atoms with Gasteiger partial charge in [-0.15, -0.1) is 0 Å². The average Bonchev–Trinajstić information content (AvgIpc) is 2.39. The Kier molecular flexibility index (Phi) is 4.42. The number of methoxy groups -OCH3 is 1. The number of nitrogens with one attached hydrogen (secondary N) is 1. The number of nitrogens with zero attached hydrogens (tertiary/aromatic N) is 1. The van der Waals surface area contributed by atoms with Crippen molar-refractivity contribution in [2.45, 2.75) is 25.8 Å². The summed E-state index contributed by atoms with van der Waals surface area (Å²) in [5.74, 6) is 0.344. The number of benzene rings is 1. The highest BCUT2D eigenvalue weighted by atomic mass is 19.1. The van der Waals surface area contributed by atoms with E-state index in [1.165, 1.54) is 6.07 Å². The van der Waals surface area contributed by atoms with E-state index < -0.39 is 0 Å². The maximum atomic E-state index is 13.4. The SMILES string of the molecule is CCNC1CCN(c2cc(F)cc(OC)c2)CC1. The fraction of sp³-hybridized carbons (Fsp3) is 0.571. The van der Waals surface area contributed by atoms with Crippen LogP contribution in [0.15, 0.2) is 18.2 Å². The van der Waals surface area contributed by atoms with Crippen LogP contribution in [0.25, 0.3) is 0 Å². The number of rotatable bonds is 4. The molecule has 100 valence electrons. The number of piperidine rings is 1. The molecule has 0 unspecified atom stereocenters. The van der Waals surface area contributed by atoms with Gasteiger partial charge in [0.1, 0.15) is 11.6 Å². The smallest absolute Gasteiger partial charge is 0.128 e. The van der Waals surface area contributed by atoms with Gasteiger partial charge in [0.2, 0.25) is 0 Å². The Morgan fingerprint density at radius 1 is 1.33 bits per heavy atom. The Balaban J connectivity index is 2.02. The molecule has 1 N–H and O–H groups in total. The van der Waals surface area contributed by atoms with Crippen molar-refractivity contribution >= 4 is 5.69 Å². The summed E-state index contributed by atoms with van der Waals surface area (Å²) in [4.78, 5) is 2.22. The Morgan fingerprint density at radius 3 is 2.67 bits per heavy atom. The molecule has 3 nitrogen and oxygen atoms in total. The monoisotopic (exact) mass is 252 g/mol. The largest absolute Gasteiger partial charge is 0.497 e. The topological polar surface area (TPSA) is 24.5 Å². The minimum Gasteiger partial charge on any atom is -0.497 e. The normalized spacial score (nSPS) is 16.9. The van der Waals surface area contributed by atoms with E-state index in [1.807, 2.05) is 6.07 Å². The molecule has 18 heavy (non-hydrogen) atoms. The van der Waals surface area contributed by atoms with Crippen LogP contribution in [0.4, 0.5) is 10.1 Å². The van der Waals surface area contributed by atoms with Crippen molar-refractivity contribution in [2.24, 2.45) is 0 Å². The average molecular weight is 252 g/mol. The van der Waals surface area contributed by atoms with Gasteiger partial charge in [-0.2, -0.15) is 0 Å². The molecule has 1 fully saturated rings. The Hall–Kier alpha value is -1.29. The molecule has 1 heterocycles. The second-order valence-electron chi connectivity index (χ2n) is 4.67. The maximum absolute atomic E-state index is 13.4. The quantitative estimate of drug-likeness (QED) is 0.890. The number of halogens is 1. The second kappa shape index (κ2) is 6.05. The molecule has 0 saturated carbocycles. The van der Waals surface area contributed by atoms with Crippen LogP contribution in [-0.4, -0.2) is 32.8 Å². The molecule has 1 aliphatic rings. The molecular formula is C14H21FN2O. The highest BCUT2D eigenvalue weighted by molar-refractivity contribution is 5.51. The lowest BCUT2D eigenvalue weighted by Crippen LogP contribution is -2.42. The third-order valence-corrected chi connectivity index (χ3v) is 3.44. The van der Waals surface area contributed by atoms with Crippen molar-refractivity contribution in [1.82, 2.24) is 5.32 Å². The van der Waals surface area contributed by atoms with Gasteiger partial charge >= 0.3 is 0 Å². The molecule has 1 aromatic carbocycles. The summed E-state index contributed by atoms with van der Waals surface area (Å²) in [5.41, 5.74) is 0.918. The van der Waals surface area contributed by atoms with Gasteiger partial charge in [0, 0.05) is 37.0 Å². The van der Waals surface area contributed by atoms with Gasteiger partial charge in [0.05, 0.1) is 7.11 Å². The standard InChI is InChI=1S/C14H21FN2O/c1-3-16-12-4-6-17(7-5-12)13-8-11(15)9-14(10-13)18-2/h8-10,12,16H,3-7H2,1-2H3. The van der Waals surface area contributed by atoms with Crippen LogP contribution in [0.3, 0.4) is 0 Å². The molecule has 0 aliphatic carbocycles. The van der Waals surface area contributed by atoms with Gasteiger partial charge in [-0.3, -0.25) is 0 Å². The molecule has 4 heteroatoms. The van der Waals surface area contributed by atoms with Crippen LogP contribution in [-0.2, 0) is 0 Å². The first-order chi connectivity index (χ1) is 8.72. The second-order valence-corrected chi connectivity index (χ2v) is 4.67. The molecule has 1 aromatic rings. The summed E-state index contributed by atoms with van der Waals surface area (Å²) in [6, 6.07) is 5.49. The van der Waals surface area contributed by atoms with E-state index in [4.69, 9.17) is 4.74 Å². The number of hydrogen-bond donors (Lipinski definition) is 1. The predicted octanol–water partition coefficient (Wildman–Crippen LogP) is 2.41. The Morgan fingerprint density at radius 2 is 2.06 bits per heavy atom. The summed E-state index contributed by atoms with van der Waals surface area (Å²) in [5, 5.41) is 3.46. The molecule has 1 aliphatic heterocycles. The zero-order valence-corrected chi connectivity index (χ0v) is 11.1. The van der Waals surface area contributed by atoms with Crippen LogP contribution >= 0.6 is 0 Å². The van der Waals surface area contributed by atoms with Crippen molar-refractivity contribution in [1.29, 1.82) is 0 Å². The molecule has 0 amide bonds. The van der Waals surface area contributed by atoms with Crippen LogP contribution in [0, 0.1) is 5.82 Å². The van der Waals surface area contributed by atoms with Crippen molar-refractivity contribution < 1.29 is 9.13 Å². The van der Waals surface area contributed by atoms with Crippen molar-refractivity contribution in [3.63, 3.8) is 0 Å². The van der Waals surface area contributed by atoms with Gasteiger partial charge in [-0.05, 0) is 25.5 Å². The van der Waals surface area contributed by atoms with Crippen LogP contribution < -0.4 is 15.0 Å². The van der Waals surface area contributed by atoms with E-state index >= 15 is 0 Å². The summed E-state index contributed by atoms with van der Waals surface area (Å²) in [6.07, 6.45) is 2.21. The zero-order chi connectivity index (χ0) is 13.0. The van der Waals surface area contributed by atoms with E-state index in [0.717, 1.165) is 38.2 Å². The fourth-order valence-corrected chi connectivity index (χ4v) is 2.48. The fourth-order valence-electron chi connectivity index (χ4n) is 2.48. The number of ether oxygens (including phenoxy) is 1. The minimum atomic E-state index is -0.238. The molecular weight excluding hydrogens is 231 g/mol. The van der Waals surface area contributed by atoms with Gasteiger partial charge < -0.3 is 15.0 Å². The lowest BCUT2D eigenvalue weighted by atomic mass is 10.0. The van der Waals surface area contributed by atoms with E-state index in [0.29, 0.717) is 11.8 Å². The lowest BCUT2D eigenvalue weighted by molar-refractivity contribution is 0.408. The minimum absolute atomic E-state index is 0.238. The molecule has 0 aromatic heterocycles. The van der Waals surface area contributed by atoms with Crippen molar-refractivity contribution in [3.8, 4) is 5.75 Å². The Labute approximate surface area is 108 Å². The third kappa shape index (κ3) is 3.13. The molecule has 2 rings (SSSR count). The zero-order valence-electron chi connectivity index (χ0n) is 11.1. The van der Waals surface area contributed by atoms with E-state index in [2.05, 4.69) is 17.1 Å². The van der Waals surface area contributed by atoms with Crippen LogP contribution in [0.1, 0.15) is 19.8 Å². The third-order valence-electron chi connectivity index (χ3n) is 3.44.